The number of hydrogen-bond donors (Lipinski definition) is 1. The van der Waals surface area contributed by atoms with Gasteiger partial charge in [-0.3, -0.25) is 0 Å². The Balaban J connectivity index is 2.35. The molecule has 1 heterocycles. The van der Waals surface area contributed by atoms with E-state index in [0.29, 0.717) is 0 Å². The molecule has 0 spiro atoms. The molecule has 0 aliphatic carbocycles. The largest absolute Gasteiger partial charge is 0.383 e. The quantitative estimate of drug-likeness (QED) is 0.888. The molecular formula is C15H24N2O. The number of aryl methyl sites for hydroxylation is 1. The number of anilines is 1. The van der Waals surface area contributed by atoms with Crippen molar-refractivity contribution in [3.63, 3.8) is 0 Å². The van der Waals surface area contributed by atoms with Crippen LogP contribution in [0.1, 0.15) is 25.0 Å². The summed E-state index contributed by atoms with van der Waals surface area (Å²) >= 11 is 0. The van der Waals surface area contributed by atoms with E-state index >= 15 is 0 Å². The zero-order chi connectivity index (χ0) is 13.2. The normalized spacial score (nSPS) is 18.3. The molecule has 0 saturated carbocycles. The summed E-state index contributed by atoms with van der Waals surface area (Å²) in [5, 5.41) is 3.63. The summed E-state index contributed by atoms with van der Waals surface area (Å²) < 4.78 is 5.25. The maximum atomic E-state index is 5.25. The summed E-state index contributed by atoms with van der Waals surface area (Å²) in [6.45, 7) is 10.4. The van der Waals surface area contributed by atoms with Crippen LogP contribution in [0.25, 0.3) is 0 Å². The van der Waals surface area contributed by atoms with Gasteiger partial charge in [0.2, 0.25) is 0 Å². The Bertz CT molecular complexity index is 415. The second-order valence-corrected chi connectivity index (χ2v) is 5.73. The first-order valence-electron chi connectivity index (χ1n) is 6.61. The van der Waals surface area contributed by atoms with Gasteiger partial charge in [-0.2, -0.15) is 0 Å². The molecule has 0 aromatic heterocycles. The highest BCUT2D eigenvalue weighted by atomic mass is 16.5. The van der Waals surface area contributed by atoms with Gasteiger partial charge < -0.3 is 15.0 Å². The monoisotopic (exact) mass is 248 g/mol. The Morgan fingerprint density at radius 2 is 2.17 bits per heavy atom. The van der Waals surface area contributed by atoms with E-state index in [0.717, 1.165) is 26.2 Å². The van der Waals surface area contributed by atoms with Crippen LogP contribution in [-0.2, 0) is 11.3 Å². The first-order chi connectivity index (χ1) is 8.53. The minimum Gasteiger partial charge on any atom is -0.383 e. The minimum absolute atomic E-state index is 0.124. The average Bonchev–Trinajstić information content (AvgIpc) is 2.44. The zero-order valence-electron chi connectivity index (χ0n) is 11.9. The molecule has 3 heteroatoms. The first kappa shape index (κ1) is 13.4. The molecule has 18 heavy (non-hydrogen) atoms. The van der Waals surface area contributed by atoms with Crippen LogP contribution >= 0.6 is 0 Å². The van der Waals surface area contributed by atoms with Gasteiger partial charge in [-0.25, -0.2) is 0 Å². The molecule has 1 aliphatic heterocycles. The molecular weight excluding hydrogens is 224 g/mol. The number of nitrogens with zero attached hydrogens (tertiary/aromatic N) is 1. The van der Waals surface area contributed by atoms with Gasteiger partial charge in [0, 0.05) is 38.0 Å². The van der Waals surface area contributed by atoms with Crippen molar-refractivity contribution >= 4 is 5.69 Å². The lowest BCUT2D eigenvalue weighted by atomic mass is 10.1. The van der Waals surface area contributed by atoms with Crippen LogP contribution in [-0.4, -0.2) is 32.3 Å². The van der Waals surface area contributed by atoms with E-state index in [2.05, 4.69) is 49.2 Å². The maximum absolute atomic E-state index is 5.25. The van der Waals surface area contributed by atoms with Crippen LogP contribution in [0.4, 0.5) is 5.69 Å². The molecule has 3 nitrogen and oxygen atoms in total. The number of fused-ring (bicyclic) bond motifs is 1. The van der Waals surface area contributed by atoms with Crippen LogP contribution in [0.2, 0.25) is 0 Å². The van der Waals surface area contributed by atoms with Crippen molar-refractivity contribution < 1.29 is 4.74 Å². The van der Waals surface area contributed by atoms with Gasteiger partial charge in [-0.1, -0.05) is 18.2 Å². The van der Waals surface area contributed by atoms with Crippen LogP contribution in [0.5, 0.6) is 0 Å². The molecule has 1 N–H and O–H groups in total. The number of para-hydroxylation sites is 1. The summed E-state index contributed by atoms with van der Waals surface area (Å²) in [6, 6.07) is 6.55. The molecule has 0 amide bonds. The fourth-order valence-corrected chi connectivity index (χ4v) is 2.65. The van der Waals surface area contributed by atoms with E-state index in [1.165, 1.54) is 16.8 Å². The van der Waals surface area contributed by atoms with E-state index in [9.17, 15) is 0 Å². The third-order valence-electron chi connectivity index (χ3n) is 3.55. The topological polar surface area (TPSA) is 24.5 Å². The van der Waals surface area contributed by atoms with Gasteiger partial charge in [0.25, 0.3) is 0 Å². The summed E-state index contributed by atoms with van der Waals surface area (Å²) in [5.41, 5.74) is 4.24. The molecule has 100 valence electrons. The highest BCUT2D eigenvalue weighted by Gasteiger charge is 2.27. The summed E-state index contributed by atoms with van der Waals surface area (Å²) in [4.78, 5) is 2.45. The fraction of sp³-hybridized carbons (Fsp3) is 0.600. The molecule has 0 radical (unpaired) electrons. The highest BCUT2D eigenvalue weighted by molar-refractivity contribution is 5.60. The van der Waals surface area contributed by atoms with Gasteiger partial charge in [0.1, 0.15) is 0 Å². The van der Waals surface area contributed by atoms with Crippen LogP contribution in [0.3, 0.4) is 0 Å². The lowest BCUT2D eigenvalue weighted by Gasteiger charge is -2.32. The molecule has 1 aliphatic rings. The molecule has 1 aromatic carbocycles. The average molecular weight is 248 g/mol. The second kappa shape index (κ2) is 5.29. The summed E-state index contributed by atoms with van der Waals surface area (Å²) in [6.07, 6.45) is 0. The van der Waals surface area contributed by atoms with Crippen molar-refractivity contribution in [1.29, 1.82) is 0 Å². The number of ether oxygens (including phenoxy) is 1. The zero-order valence-corrected chi connectivity index (χ0v) is 11.9. The van der Waals surface area contributed by atoms with Crippen LogP contribution in [0.15, 0.2) is 18.2 Å². The predicted molar refractivity (Wildman–Crippen MR) is 76.2 cm³/mol. The molecule has 0 atom stereocenters. The number of hydrogen-bond acceptors (Lipinski definition) is 3. The van der Waals surface area contributed by atoms with Gasteiger partial charge in [-0.05, 0) is 31.9 Å². The van der Waals surface area contributed by atoms with Crippen molar-refractivity contribution in [2.24, 2.45) is 0 Å². The van der Waals surface area contributed by atoms with Crippen LogP contribution < -0.4 is 10.2 Å². The number of methoxy groups -OCH3 is 1. The van der Waals surface area contributed by atoms with Crippen molar-refractivity contribution in [2.75, 3.05) is 31.7 Å². The third kappa shape index (κ3) is 2.85. The van der Waals surface area contributed by atoms with E-state index in [-0.39, 0.29) is 5.54 Å². The first-order valence-corrected chi connectivity index (χ1v) is 6.61. The van der Waals surface area contributed by atoms with E-state index < -0.39 is 0 Å². The van der Waals surface area contributed by atoms with Gasteiger partial charge in [-0.15, -0.1) is 0 Å². The van der Waals surface area contributed by atoms with E-state index in [1.807, 2.05) is 0 Å². The Labute approximate surface area is 110 Å². The summed E-state index contributed by atoms with van der Waals surface area (Å²) in [5.74, 6) is 0. The standard InChI is InChI=1S/C15H24N2O/c1-12-6-5-7-13-10-16-15(2,3)11-17(14(12)13)8-9-18-4/h5-7,16H,8-11H2,1-4H3. The van der Waals surface area contributed by atoms with Crippen molar-refractivity contribution in [3.05, 3.63) is 29.3 Å². The number of rotatable bonds is 3. The molecule has 0 saturated heterocycles. The predicted octanol–water partition coefficient (Wildman–Crippen LogP) is 2.33. The highest BCUT2D eigenvalue weighted by Crippen LogP contribution is 2.29. The lowest BCUT2D eigenvalue weighted by molar-refractivity contribution is 0.203. The smallest absolute Gasteiger partial charge is 0.0637 e. The number of benzene rings is 1. The minimum atomic E-state index is 0.124. The molecule has 1 aromatic rings. The Morgan fingerprint density at radius 1 is 1.39 bits per heavy atom. The maximum Gasteiger partial charge on any atom is 0.0637 e. The SMILES string of the molecule is COCCN1CC(C)(C)NCc2cccc(C)c21. The molecule has 0 bridgehead atoms. The van der Waals surface area contributed by atoms with Gasteiger partial charge in [0.05, 0.1) is 6.61 Å². The Hall–Kier alpha value is -1.06. The van der Waals surface area contributed by atoms with Crippen molar-refractivity contribution in [3.8, 4) is 0 Å². The number of nitrogens with one attached hydrogen (secondary N) is 1. The van der Waals surface area contributed by atoms with E-state index in [4.69, 9.17) is 4.74 Å². The molecule has 0 fully saturated rings. The van der Waals surface area contributed by atoms with Crippen molar-refractivity contribution in [1.82, 2.24) is 5.32 Å². The van der Waals surface area contributed by atoms with Gasteiger partial charge in [0.15, 0.2) is 0 Å². The van der Waals surface area contributed by atoms with Gasteiger partial charge >= 0.3 is 0 Å². The fourth-order valence-electron chi connectivity index (χ4n) is 2.65. The van der Waals surface area contributed by atoms with Crippen molar-refractivity contribution in [2.45, 2.75) is 32.9 Å². The Morgan fingerprint density at radius 3 is 2.89 bits per heavy atom. The molecule has 2 rings (SSSR count). The summed E-state index contributed by atoms with van der Waals surface area (Å²) in [7, 11) is 1.76. The lowest BCUT2D eigenvalue weighted by Crippen LogP contribution is -2.47. The molecule has 0 unspecified atom stereocenters. The third-order valence-corrected chi connectivity index (χ3v) is 3.55. The Kier molecular flexibility index (Phi) is 3.93. The second-order valence-electron chi connectivity index (χ2n) is 5.73. The van der Waals surface area contributed by atoms with Crippen LogP contribution in [0, 0.1) is 6.92 Å². The van der Waals surface area contributed by atoms with E-state index in [1.54, 1.807) is 7.11 Å².